The first-order valence-corrected chi connectivity index (χ1v) is 7.55. The molecule has 20 heavy (non-hydrogen) atoms. The van der Waals surface area contributed by atoms with Gasteiger partial charge in [-0.1, -0.05) is 15.9 Å². The molecule has 0 unspecified atom stereocenters. The second kappa shape index (κ2) is 5.93. The van der Waals surface area contributed by atoms with E-state index in [1.54, 1.807) is 18.7 Å². The molecule has 1 N–H and O–H groups in total. The zero-order valence-electron chi connectivity index (χ0n) is 11.1. The number of rotatable bonds is 3. The average molecular weight is 337 g/mol. The Hall–Kier alpha value is -1.40. The van der Waals surface area contributed by atoms with Gasteiger partial charge in [-0.2, -0.15) is 5.10 Å². The number of aromatic nitrogens is 3. The van der Waals surface area contributed by atoms with Crippen molar-refractivity contribution < 1.29 is 5.11 Å². The number of benzene rings is 1. The summed E-state index contributed by atoms with van der Waals surface area (Å²) in [5.74, 6) is 0.313. The molecular weight excluding hydrogens is 320 g/mol. The van der Waals surface area contributed by atoms with Gasteiger partial charge >= 0.3 is 0 Å². The van der Waals surface area contributed by atoms with Crippen LogP contribution in [0, 0.1) is 0 Å². The molecule has 1 atom stereocenters. The summed E-state index contributed by atoms with van der Waals surface area (Å²) in [6, 6.07) is 5.80. The van der Waals surface area contributed by atoms with Crippen LogP contribution in [0.5, 0.6) is 5.75 Å². The van der Waals surface area contributed by atoms with Gasteiger partial charge in [-0.3, -0.25) is 4.90 Å². The van der Waals surface area contributed by atoms with E-state index in [4.69, 9.17) is 0 Å². The minimum Gasteiger partial charge on any atom is -0.508 e. The van der Waals surface area contributed by atoms with Gasteiger partial charge in [-0.05, 0) is 43.1 Å². The van der Waals surface area contributed by atoms with Crippen molar-refractivity contribution >= 4 is 15.9 Å². The van der Waals surface area contributed by atoms with Crippen LogP contribution >= 0.6 is 15.9 Å². The molecule has 0 radical (unpaired) electrons. The second-order valence-electron chi connectivity index (χ2n) is 5.18. The molecule has 3 rings (SSSR count). The predicted octanol–water partition coefficient (Wildman–Crippen LogP) is 2.58. The normalized spacial score (nSPS) is 20.1. The lowest BCUT2D eigenvalue weighted by atomic mass is 10.0. The van der Waals surface area contributed by atoms with Gasteiger partial charge in [0, 0.05) is 17.6 Å². The van der Waals surface area contributed by atoms with Gasteiger partial charge < -0.3 is 5.11 Å². The highest BCUT2D eigenvalue weighted by molar-refractivity contribution is 9.10. The lowest BCUT2D eigenvalue weighted by Crippen LogP contribution is -2.36. The maximum Gasteiger partial charge on any atom is 0.137 e. The van der Waals surface area contributed by atoms with Gasteiger partial charge in [0.05, 0.1) is 6.04 Å². The summed E-state index contributed by atoms with van der Waals surface area (Å²) in [7, 11) is 0. The molecular formula is C14H17BrN4O. The Bertz CT molecular complexity index is 573. The van der Waals surface area contributed by atoms with Crippen LogP contribution < -0.4 is 0 Å². The van der Waals surface area contributed by atoms with Crippen LogP contribution in [0.25, 0.3) is 0 Å². The quantitative estimate of drug-likeness (QED) is 0.935. The van der Waals surface area contributed by atoms with Crippen molar-refractivity contribution in [3.8, 4) is 5.75 Å². The number of hydrogen-bond donors (Lipinski definition) is 1. The van der Waals surface area contributed by atoms with Gasteiger partial charge in [-0.15, -0.1) is 0 Å². The Morgan fingerprint density at radius 2 is 2.30 bits per heavy atom. The monoisotopic (exact) mass is 336 g/mol. The van der Waals surface area contributed by atoms with Crippen LogP contribution in [-0.2, 0) is 6.54 Å². The standard InChI is InChI=1S/C14H17BrN4O/c15-14-4-3-13(20)6-11(14)7-18-5-1-2-12(8-18)19-10-16-9-17-19/h3-4,6,9-10,12,20H,1-2,5,7-8H2/t12-/m1/s1. The number of phenolic OH excluding ortho intramolecular Hbond substituents is 1. The van der Waals surface area contributed by atoms with Crippen LogP contribution in [0.15, 0.2) is 35.3 Å². The largest absolute Gasteiger partial charge is 0.508 e. The molecule has 0 aliphatic carbocycles. The first kappa shape index (κ1) is 13.6. The van der Waals surface area contributed by atoms with Crippen molar-refractivity contribution in [3.05, 3.63) is 40.9 Å². The maximum absolute atomic E-state index is 9.61. The minimum absolute atomic E-state index is 0.313. The van der Waals surface area contributed by atoms with Crippen LogP contribution in [-0.4, -0.2) is 37.9 Å². The summed E-state index contributed by atoms with van der Waals surface area (Å²) in [5.41, 5.74) is 1.12. The molecule has 2 aromatic rings. The number of likely N-dealkylation sites (tertiary alicyclic amines) is 1. The van der Waals surface area contributed by atoms with Crippen LogP contribution in [0.1, 0.15) is 24.4 Å². The third-order valence-corrected chi connectivity index (χ3v) is 4.49. The van der Waals surface area contributed by atoms with E-state index >= 15 is 0 Å². The summed E-state index contributed by atoms with van der Waals surface area (Å²) in [5, 5.41) is 13.9. The van der Waals surface area contributed by atoms with Crippen LogP contribution in [0.3, 0.4) is 0 Å². The van der Waals surface area contributed by atoms with E-state index in [0.717, 1.165) is 42.5 Å². The van der Waals surface area contributed by atoms with Crippen molar-refractivity contribution in [3.63, 3.8) is 0 Å². The van der Waals surface area contributed by atoms with E-state index in [-0.39, 0.29) is 0 Å². The Morgan fingerprint density at radius 3 is 3.10 bits per heavy atom. The highest BCUT2D eigenvalue weighted by Crippen LogP contribution is 2.26. The Morgan fingerprint density at radius 1 is 1.40 bits per heavy atom. The second-order valence-corrected chi connectivity index (χ2v) is 6.04. The number of aromatic hydroxyl groups is 1. The lowest BCUT2D eigenvalue weighted by molar-refractivity contribution is 0.162. The molecule has 1 aromatic carbocycles. The molecule has 0 bridgehead atoms. The molecule has 106 valence electrons. The average Bonchev–Trinajstić information content (AvgIpc) is 2.97. The fourth-order valence-corrected chi connectivity index (χ4v) is 3.09. The molecule has 6 heteroatoms. The molecule has 0 saturated carbocycles. The molecule has 1 aromatic heterocycles. The highest BCUT2D eigenvalue weighted by Gasteiger charge is 2.22. The van der Waals surface area contributed by atoms with Crippen molar-refractivity contribution in [1.29, 1.82) is 0 Å². The highest BCUT2D eigenvalue weighted by atomic mass is 79.9. The minimum atomic E-state index is 0.313. The van der Waals surface area contributed by atoms with Crippen molar-refractivity contribution in [2.24, 2.45) is 0 Å². The number of piperidine rings is 1. The van der Waals surface area contributed by atoms with Crippen molar-refractivity contribution in [2.45, 2.75) is 25.4 Å². The molecule has 1 aliphatic rings. The first-order chi connectivity index (χ1) is 9.72. The van der Waals surface area contributed by atoms with Gasteiger partial charge in [-0.25, -0.2) is 9.67 Å². The third-order valence-electron chi connectivity index (χ3n) is 3.71. The zero-order valence-corrected chi connectivity index (χ0v) is 12.7. The third kappa shape index (κ3) is 3.02. The SMILES string of the molecule is Oc1ccc(Br)c(CN2CCC[C@@H](n3cncn3)C2)c1. The molecule has 2 heterocycles. The van der Waals surface area contributed by atoms with E-state index < -0.39 is 0 Å². The number of hydrogen-bond acceptors (Lipinski definition) is 4. The Labute approximate surface area is 126 Å². The van der Waals surface area contributed by atoms with E-state index in [2.05, 4.69) is 30.9 Å². The summed E-state index contributed by atoms with van der Waals surface area (Å²) in [6.45, 7) is 2.87. The molecule has 1 aliphatic heterocycles. The lowest BCUT2D eigenvalue weighted by Gasteiger charge is -2.32. The summed E-state index contributed by atoms with van der Waals surface area (Å²) in [4.78, 5) is 6.42. The predicted molar refractivity (Wildman–Crippen MR) is 79.4 cm³/mol. The van der Waals surface area contributed by atoms with Crippen molar-refractivity contribution in [1.82, 2.24) is 19.7 Å². The summed E-state index contributed by atoms with van der Waals surface area (Å²) in [6.07, 6.45) is 5.67. The smallest absolute Gasteiger partial charge is 0.137 e. The van der Waals surface area contributed by atoms with Gasteiger partial charge in [0.15, 0.2) is 0 Å². The van der Waals surface area contributed by atoms with E-state index in [1.165, 1.54) is 0 Å². The van der Waals surface area contributed by atoms with E-state index in [1.807, 2.05) is 16.8 Å². The molecule has 0 spiro atoms. The molecule has 5 nitrogen and oxygen atoms in total. The number of halogens is 1. The molecule has 1 saturated heterocycles. The van der Waals surface area contributed by atoms with Gasteiger partial charge in [0.25, 0.3) is 0 Å². The zero-order chi connectivity index (χ0) is 13.9. The van der Waals surface area contributed by atoms with E-state index in [9.17, 15) is 5.11 Å². The van der Waals surface area contributed by atoms with Gasteiger partial charge in [0.2, 0.25) is 0 Å². The van der Waals surface area contributed by atoms with Crippen LogP contribution in [0.4, 0.5) is 0 Å². The van der Waals surface area contributed by atoms with E-state index in [0.29, 0.717) is 11.8 Å². The maximum atomic E-state index is 9.61. The Kier molecular flexibility index (Phi) is 4.03. The summed E-state index contributed by atoms with van der Waals surface area (Å²) < 4.78 is 2.99. The fraction of sp³-hybridized carbons (Fsp3) is 0.429. The topological polar surface area (TPSA) is 54.2 Å². The molecule has 1 fully saturated rings. The number of phenols is 1. The first-order valence-electron chi connectivity index (χ1n) is 6.76. The van der Waals surface area contributed by atoms with Crippen molar-refractivity contribution in [2.75, 3.05) is 13.1 Å². The summed E-state index contributed by atoms with van der Waals surface area (Å²) >= 11 is 3.55. The van der Waals surface area contributed by atoms with Gasteiger partial charge in [0.1, 0.15) is 18.4 Å². The fourth-order valence-electron chi connectivity index (χ4n) is 2.72. The number of nitrogens with zero attached hydrogens (tertiary/aromatic N) is 4. The van der Waals surface area contributed by atoms with Crippen LogP contribution in [0.2, 0.25) is 0 Å². The Balaban J connectivity index is 1.70. The molecule has 0 amide bonds.